The Morgan fingerprint density at radius 2 is 0.961 bits per heavy atom. The number of nitrogens with zero attached hydrogens (tertiary/aromatic N) is 2. The van der Waals surface area contributed by atoms with E-state index in [2.05, 4.69) is 191 Å². The van der Waals surface area contributed by atoms with Crippen molar-refractivity contribution < 1.29 is 4.42 Å². The fourth-order valence-corrected chi connectivity index (χ4v) is 7.71. The van der Waals surface area contributed by atoms with Crippen molar-refractivity contribution in [3.05, 3.63) is 194 Å². The number of rotatable bonds is 6. The number of hydrogen-bond acceptors (Lipinski definition) is 2. The van der Waals surface area contributed by atoms with Crippen molar-refractivity contribution in [3.63, 3.8) is 0 Å². The highest BCUT2D eigenvalue weighted by Crippen LogP contribution is 2.45. The van der Waals surface area contributed by atoms with E-state index >= 15 is 0 Å². The van der Waals surface area contributed by atoms with Gasteiger partial charge in [0.15, 0.2) is 0 Å². The molecule has 2 aromatic heterocycles. The zero-order valence-electron chi connectivity index (χ0n) is 27.8. The molecule has 51 heavy (non-hydrogen) atoms. The topological polar surface area (TPSA) is 21.3 Å². The summed E-state index contributed by atoms with van der Waals surface area (Å²) in [7, 11) is 0. The molecule has 0 N–H and O–H groups in total. The van der Waals surface area contributed by atoms with Gasteiger partial charge in [-0.1, -0.05) is 133 Å². The summed E-state index contributed by atoms with van der Waals surface area (Å²) in [6.07, 6.45) is 0. The number of anilines is 3. The van der Waals surface area contributed by atoms with Gasteiger partial charge < -0.3 is 13.9 Å². The molecule has 10 aromatic rings. The van der Waals surface area contributed by atoms with Crippen molar-refractivity contribution in [1.82, 2.24) is 4.57 Å². The molecule has 2 heterocycles. The summed E-state index contributed by atoms with van der Waals surface area (Å²) in [6.45, 7) is 0. The largest absolute Gasteiger partial charge is 0.456 e. The summed E-state index contributed by atoms with van der Waals surface area (Å²) in [4.78, 5) is 2.37. The summed E-state index contributed by atoms with van der Waals surface area (Å²) < 4.78 is 8.86. The number of aromatic nitrogens is 1. The van der Waals surface area contributed by atoms with Crippen LogP contribution in [0, 0.1) is 0 Å². The van der Waals surface area contributed by atoms with E-state index in [1.165, 1.54) is 27.4 Å². The van der Waals surface area contributed by atoms with Gasteiger partial charge in [-0.15, -0.1) is 0 Å². The molecule has 0 bridgehead atoms. The predicted molar refractivity (Wildman–Crippen MR) is 214 cm³/mol. The van der Waals surface area contributed by atoms with Gasteiger partial charge in [0, 0.05) is 50.1 Å². The Hall–Kier alpha value is -6.84. The molecule has 0 spiro atoms. The van der Waals surface area contributed by atoms with E-state index in [1.807, 2.05) is 12.1 Å². The molecule has 0 atom stereocenters. The van der Waals surface area contributed by atoms with Gasteiger partial charge in [-0.2, -0.15) is 0 Å². The molecule has 240 valence electrons. The smallest absolute Gasteiger partial charge is 0.137 e. The number of hydrogen-bond donors (Lipinski definition) is 0. The molecule has 0 radical (unpaired) electrons. The number of benzene rings is 8. The van der Waals surface area contributed by atoms with Crippen LogP contribution in [-0.2, 0) is 0 Å². The lowest BCUT2D eigenvalue weighted by atomic mass is 9.99. The van der Waals surface area contributed by atoms with Crippen LogP contribution in [0.25, 0.3) is 71.7 Å². The average Bonchev–Trinajstić information content (AvgIpc) is 3.74. The van der Waals surface area contributed by atoms with Crippen LogP contribution in [0.1, 0.15) is 0 Å². The van der Waals surface area contributed by atoms with Crippen LogP contribution >= 0.6 is 0 Å². The second-order valence-electron chi connectivity index (χ2n) is 12.9. The molecule has 0 saturated carbocycles. The van der Waals surface area contributed by atoms with E-state index < -0.39 is 0 Å². The lowest BCUT2D eigenvalue weighted by Crippen LogP contribution is -2.11. The summed E-state index contributed by atoms with van der Waals surface area (Å²) >= 11 is 0. The Kier molecular flexibility index (Phi) is 6.81. The van der Waals surface area contributed by atoms with Crippen LogP contribution in [0.2, 0.25) is 0 Å². The molecule has 0 fully saturated rings. The van der Waals surface area contributed by atoms with Gasteiger partial charge in [0.2, 0.25) is 0 Å². The number of furan rings is 1. The first-order chi connectivity index (χ1) is 25.3. The van der Waals surface area contributed by atoms with Gasteiger partial charge in [-0.05, 0) is 65.7 Å². The van der Waals surface area contributed by atoms with Crippen LogP contribution in [0.15, 0.2) is 199 Å². The second-order valence-corrected chi connectivity index (χ2v) is 12.9. The van der Waals surface area contributed by atoms with Gasteiger partial charge in [0.25, 0.3) is 0 Å². The Balaban J connectivity index is 1.22. The molecular weight excluding hydrogens is 621 g/mol. The Labute approximate surface area is 295 Å². The van der Waals surface area contributed by atoms with Gasteiger partial charge in [0.05, 0.1) is 22.4 Å². The molecule has 0 amide bonds. The Morgan fingerprint density at radius 3 is 1.76 bits per heavy atom. The van der Waals surface area contributed by atoms with Crippen LogP contribution in [0.3, 0.4) is 0 Å². The molecule has 0 unspecified atom stereocenters. The predicted octanol–water partition coefficient (Wildman–Crippen LogP) is 13.5. The highest BCUT2D eigenvalue weighted by Gasteiger charge is 2.22. The van der Waals surface area contributed by atoms with Gasteiger partial charge >= 0.3 is 0 Å². The first-order valence-corrected chi connectivity index (χ1v) is 17.4. The zero-order chi connectivity index (χ0) is 33.7. The van der Waals surface area contributed by atoms with Crippen molar-refractivity contribution in [1.29, 1.82) is 0 Å². The average molecular weight is 653 g/mol. The maximum atomic E-state index is 6.44. The van der Waals surface area contributed by atoms with E-state index in [0.29, 0.717) is 0 Å². The maximum absolute atomic E-state index is 6.44. The van der Waals surface area contributed by atoms with E-state index in [4.69, 9.17) is 4.42 Å². The lowest BCUT2D eigenvalue weighted by Gasteiger charge is -2.29. The molecule has 0 saturated heterocycles. The maximum Gasteiger partial charge on any atom is 0.137 e. The van der Waals surface area contributed by atoms with Gasteiger partial charge in [0.1, 0.15) is 11.2 Å². The monoisotopic (exact) mass is 652 g/mol. The van der Waals surface area contributed by atoms with Crippen molar-refractivity contribution in [2.75, 3.05) is 4.90 Å². The Bertz CT molecular complexity index is 2830. The van der Waals surface area contributed by atoms with Crippen molar-refractivity contribution in [3.8, 4) is 27.9 Å². The Morgan fingerprint density at radius 1 is 0.373 bits per heavy atom. The van der Waals surface area contributed by atoms with Crippen molar-refractivity contribution in [2.24, 2.45) is 0 Å². The third-order valence-electron chi connectivity index (χ3n) is 9.99. The van der Waals surface area contributed by atoms with Crippen LogP contribution in [0.5, 0.6) is 0 Å². The minimum absolute atomic E-state index is 0.862. The molecule has 3 nitrogen and oxygen atoms in total. The van der Waals surface area contributed by atoms with Crippen molar-refractivity contribution in [2.45, 2.75) is 0 Å². The molecular formula is C48H32N2O. The third kappa shape index (κ3) is 4.82. The molecule has 10 rings (SSSR count). The SMILES string of the molecule is c1ccc(-c2cccc(N(c3ccc4c(c3)oc3ccccc34)c3ccccc3-c3ccccc3-n3c4ccccc4c4ccccc43)c2)cc1. The molecule has 0 aliphatic heterocycles. The highest BCUT2D eigenvalue weighted by atomic mass is 16.3. The summed E-state index contributed by atoms with van der Waals surface area (Å²) in [5, 5.41) is 4.72. The van der Waals surface area contributed by atoms with Gasteiger partial charge in [-0.25, -0.2) is 0 Å². The fourth-order valence-electron chi connectivity index (χ4n) is 7.71. The molecule has 8 aromatic carbocycles. The van der Waals surface area contributed by atoms with E-state index in [0.717, 1.165) is 61.4 Å². The van der Waals surface area contributed by atoms with Crippen molar-refractivity contribution >= 4 is 60.8 Å². The minimum atomic E-state index is 0.862. The first-order valence-electron chi connectivity index (χ1n) is 17.4. The second kappa shape index (κ2) is 11.9. The van der Waals surface area contributed by atoms with Gasteiger partial charge in [-0.3, -0.25) is 0 Å². The fraction of sp³-hybridized carbons (Fsp3) is 0. The molecule has 3 heteroatoms. The summed E-state index contributed by atoms with van der Waals surface area (Å²) in [5.41, 5.74) is 13.0. The van der Waals surface area contributed by atoms with E-state index in [9.17, 15) is 0 Å². The van der Waals surface area contributed by atoms with Crippen LogP contribution in [0.4, 0.5) is 17.1 Å². The standard InChI is InChI=1S/C48H32N2O/c1-2-15-33(16-3-1)34-17-14-18-35(31-34)49(36-29-30-42-41-23-8-13-28-47(41)51-48(42)32-36)43-24-9-4-19-37(43)38-20-5-10-25-44(38)50-45-26-11-6-21-39(45)40-22-7-12-27-46(40)50/h1-32H. The van der Waals surface area contributed by atoms with E-state index in [-0.39, 0.29) is 0 Å². The van der Waals surface area contributed by atoms with Crippen LogP contribution in [-0.4, -0.2) is 4.57 Å². The number of fused-ring (bicyclic) bond motifs is 6. The summed E-state index contributed by atoms with van der Waals surface area (Å²) in [6, 6.07) is 69.2. The minimum Gasteiger partial charge on any atom is -0.456 e. The lowest BCUT2D eigenvalue weighted by molar-refractivity contribution is 0.669. The third-order valence-corrected chi connectivity index (χ3v) is 9.99. The quantitative estimate of drug-likeness (QED) is 0.178. The zero-order valence-corrected chi connectivity index (χ0v) is 27.8. The summed E-state index contributed by atoms with van der Waals surface area (Å²) in [5.74, 6) is 0. The van der Waals surface area contributed by atoms with E-state index in [1.54, 1.807) is 0 Å². The highest BCUT2D eigenvalue weighted by molar-refractivity contribution is 6.10. The molecule has 0 aliphatic carbocycles. The number of para-hydroxylation sites is 5. The molecule has 0 aliphatic rings. The normalized spacial score (nSPS) is 11.5. The van der Waals surface area contributed by atoms with Crippen LogP contribution < -0.4 is 4.90 Å². The first kappa shape index (κ1) is 29.1.